The van der Waals surface area contributed by atoms with Crippen LogP contribution in [0.1, 0.15) is 50.6 Å². The Morgan fingerprint density at radius 3 is 2.86 bits per heavy atom. The first-order chi connectivity index (χ1) is 9.91. The summed E-state index contributed by atoms with van der Waals surface area (Å²) in [5.41, 5.74) is -0.108. The third-order valence-corrected chi connectivity index (χ3v) is 3.61. The van der Waals surface area contributed by atoms with Gasteiger partial charge in [0, 0.05) is 17.9 Å². The van der Waals surface area contributed by atoms with E-state index in [2.05, 4.69) is 46.4 Å². The van der Waals surface area contributed by atoms with E-state index in [4.69, 9.17) is 4.42 Å². The van der Waals surface area contributed by atoms with E-state index >= 15 is 0 Å². The highest BCUT2D eigenvalue weighted by Crippen LogP contribution is 2.20. The van der Waals surface area contributed by atoms with E-state index in [0.717, 1.165) is 31.0 Å². The molecule has 0 unspecified atom stereocenters. The minimum atomic E-state index is -0.108. The van der Waals surface area contributed by atoms with Crippen molar-refractivity contribution < 1.29 is 4.42 Å². The number of nitrogens with zero attached hydrogens (tertiary/aromatic N) is 5. The zero-order chi connectivity index (χ0) is 15.0. The van der Waals surface area contributed by atoms with Gasteiger partial charge >= 0.3 is 0 Å². The molecule has 2 aromatic rings. The first kappa shape index (κ1) is 14.2. The molecule has 0 saturated heterocycles. The van der Waals surface area contributed by atoms with Gasteiger partial charge in [0.25, 0.3) is 0 Å². The summed E-state index contributed by atoms with van der Waals surface area (Å²) < 4.78 is 7.68. The first-order valence-electron chi connectivity index (χ1n) is 7.38. The number of rotatable bonds is 3. The van der Waals surface area contributed by atoms with Gasteiger partial charge in [-0.3, -0.25) is 0 Å². The van der Waals surface area contributed by atoms with Gasteiger partial charge in [-0.2, -0.15) is 5.10 Å². The Balaban J connectivity index is 1.58. The molecule has 3 heterocycles. The standard InChI is InChI=1S/C14H22N6O/c1-9-16-11-6-5-10(8-20(11)19-9)15-7-12-17-18-13(21-12)14(2,3)4/h10,15H,5-8H2,1-4H3/t10-/m0/s1. The molecule has 0 amide bonds. The lowest BCUT2D eigenvalue weighted by atomic mass is 9.97. The molecule has 1 N–H and O–H groups in total. The number of aryl methyl sites for hydroxylation is 2. The number of fused-ring (bicyclic) bond motifs is 1. The fourth-order valence-electron chi connectivity index (χ4n) is 2.46. The molecule has 0 aromatic carbocycles. The summed E-state index contributed by atoms with van der Waals surface area (Å²) in [4.78, 5) is 4.42. The minimum absolute atomic E-state index is 0.108. The third-order valence-electron chi connectivity index (χ3n) is 3.61. The Hall–Kier alpha value is -1.76. The number of hydrogen-bond acceptors (Lipinski definition) is 6. The van der Waals surface area contributed by atoms with Crippen LogP contribution in [0.5, 0.6) is 0 Å². The summed E-state index contributed by atoms with van der Waals surface area (Å²) in [6.07, 6.45) is 2.01. The molecule has 1 aliphatic heterocycles. The van der Waals surface area contributed by atoms with Crippen molar-refractivity contribution >= 4 is 0 Å². The fraction of sp³-hybridized carbons (Fsp3) is 0.714. The van der Waals surface area contributed by atoms with Crippen molar-refractivity contribution in [2.75, 3.05) is 0 Å². The number of aromatic nitrogens is 5. The molecule has 2 aromatic heterocycles. The summed E-state index contributed by atoms with van der Waals surface area (Å²) in [6.45, 7) is 9.56. The molecule has 0 radical (unpaired) electrons. The Morgan fingerprint density at radius 2 is 2.14 bits per heavy atom. The van der Waals surface area contributed by atoms with E-state index in [1.54, 1.807) is 0 Å². The van der Waals surface area contributed by atoms with Gasteiger partial charge in [0.05, 0.1) is 13.1 Å². The summed E-state index contributed by atoms with van der Waals surface area (Å²) in [6, 6.07) is 0.364. The van der Waals surface area contributed by atoms with Gasteiger partial charge in [-0.05, 0) is 13.3 Å². The van der Waals surface area contributed by atoms with Crippen molar-refractivity contribution in [2.24, 2.45) is 0 Å². The Labute approximate surface area is 124 Å². The summed E-state index contributed by atoms with van der Waals surface area (Å²) in [5.74, 6) is 3.24. The predicted molar refractivity (Wildman–Crippen MR) is 76.7 cm³/mol. The van der Waals surface area contributed by atoms with Crippen LogP contribution < -0.4 is 5.32 Å². The van der Waals surface area contributed by atoms with Crippen molar-refractivity contribution in [1.29, 1.82) is 0 Å². The van der Waals surface area contributed by atoms with Gasteiger partial charge in [0.2, 0.25) is 11.8 Å². The number of hydrogen-bond donors (Lipinski definition) is 1. The Morgan fingerprint density at radius 1 is 1.33 bits per heavy atom. The smallest absolute Gasteiger partial charge is 0.230 e. The lowest BCUT2D eigenvalue weighted by molar-refractivity contribution is 0.325. The second-order valence-electron chi connectivity index (χ2n) is 6.62. The summed E-state index contributed by atoms with van der Waals surface area (Å²) in [7, 11) is 0. The molecular weight excluding hydrogens is 268 g/mol. The van der Waals surface area contributed by atoms with Gasteiger partial charge < -0.3 is 9.73 Å². The molecule has 0 bridgehead atoms. The van der Waals surface area contributed by atoms with E-state index in [-0.39, 0.29) is 5.41 Å². The minimum Gasteiger partial charge on any atom is -0.423 e. The van der Waals surface area contributed by atoms with Crippen molar-refractivity contribution in [3.8, 4) is 0 Å². The molecule has 0 fully saturated rings. The monoisotopic (exact) mass is 290 g/mol. The zero-order valence-corrected chi connectivity index (χ0v) is 13.1. The highest BCUT2D eigenvalue weighted by molar-refractivity contribution is 4.98. The van der Waals surface area contributed by atoms with Crippen LogP contribution >= 0.6 is 0 Å². The maximum atomic E-state index is 5.69. The highest BCUT2D eigenvalue weighted by atomic mass is 16.4. The van der Waals surface area contributed by atoms with E-state index < -0.39 is 0 Å². The molecule has 0 spiro atoms. The third kappa shape index (κ3) is 3.12. The Kier molecular flexibility index (Phi) is 3.52. The normalized spacial score (nSPS) is 18.8. The second kappa shape index (κ2) is 5.22. The van der Waals surface area contributed by atoms with Gasteiger partial charge in [-0.25, -0.2) is 9.67 Å². The molecule has 1 aliphatic rings. The average molecular weight is 290 g/mol. The van der Waals surface area contributed by atoms with Crippen LogP contribution in [0.15, 0.2) is 4.42 Å². The molecule has 114 valence electrons. The van der Waals surface area contributed by atoms with E-state index in [1.165, 1.54) is 0 Å². The maximum absolute atomic E-state index is 5.69. The highest BCUT2D eigenvalue weighted by Gasteiger charge is 2.23. The van der Waals surface area contributed by atoms with E-state index in [0.29, 0.717) is 24.4 Å². The van der Waals surface area contributed by atoms with Crippen LogP contribution in [-0.2, 0) is 24.9 Å². The van der Waals surface area contributed by atoms with Crippen molar-refractivity contribution in [1.82, 2.24) is 30.3 Å². The van der Waals surface area contributed by atoms with Gasteiger partial charge in [-0.1, -0.05) is 20.8 Å². The van der Waals surface area contributed by atoms with Crippen molar-refractivity contribution in [3.05, 3.63) is 23.4 Å². The molecule has 21 heavy (non-hydrogen) atoms. The maximum Gasteiger partial charge on any atom is 0.230 e. The molecule has 7 heteroatoms. The quantitative estimate of drug-likeness (QED) is 0.919. The SMILES string of the molecule is Cc1nc2n(n1)C[C@@H](NCc1nnc(C(C)(C)C)o1)CC2. The largest absolute Gasteiger partial charge is 0.423 e. The van der Waals surface area contributed by atoms with Crippen LogP contribution in [-0.4, -0.2) is 31.0 Å². The topological polar surface area (TPSA) is 81.7 Å². The van der Waals surface area contributed by atoms with Crippen molar-refractivity contribution in [2.45, 2.75) is 65.1 Å². The zero-order valence-electron chi connectivity index (χ0n) is 13.1. The lowest BCUT2D eigenvalue weighted by Gasteiger charge is -2.22. The molecule has 3 rings (SSSR count). The predicted octanol–water partition coefficient (Wildman–Crippen LogP) is 1.37. The Bertz CT molecular complexity index is 624. The van der Waals surface area contributed by atoms with Crippen LogP contribution in [0.25, 0.3) is 0 Å². The second-order valence-corrected chi connectivity index (χ2v) is 6.62. The summed E-state index contributed by atoms with van der Waals surface area (Å²) >= 11 is 0. The molecule has 1 atom stereocenters. The van der Waals surface area contributed by atoms with Crippen LogP contribution in [0.2, 0.25) is 0 Å². The van der Waals surface area contributed by atoms with Gasteiger partial charge in [-0.15, -0.1) is 10.2 Å². The van der Waals surface area contributed by atoms with Crippen molar-refractivity contribution in [3.63, 3.8) is 0 Å². The van der Waals surface area contributed by atoms with E-state index in [9.17, 15) is 0 Å². The fourth-order valence-corrected chi connectivity index (χ4v) is 2.46. The number of nitrogens with one attached hydrogen (secondary N) is 1. The summed E-state index contributed by atoms with van der Waals surface area (Å²) in [5, 5.41) is 16.1. The van der Waals surface area contributed by atoms with Gasteiger partial charge in [0.1, 0.15) is 11.6 Å². The first-order valence-corrected chi connectivity index (χ1v) is 7.38. The lowest BCUT2D eigenvalue weighted by Crippen LogP contribution is -2.37. The average Bonchev–Trinajstić information content (AvgIpc) is 3.00. The molecule has 7 nitrogen and oxygen atoms in total. The van der Waals surface area contributed by atoms with Crippen LogP contribution in [0.3, 0.4) is 0 Å². The molecular formula is C14H22N6O. The molecule has 0 aliphatic carbocycles. The van der Waals surface area contributed by atoms with Gasteiger partial charge in [0.15, 0.2) is 0 Å². The van der Waals surface area contributed by atoms with Crippen LogP contribution in [0.4, 0.5) is 0 Å². The molecule has 0 saturated carbocycles. The van der Waals surface area contributed by atoms with Crippen LogP contribution in [0, 0.1) is 6.92 Å². The van der Waals surface area contributed by atoms with E-state index in [1.807, 2.05) is 11.6 Å².